The van der Waals surface area contributed by atoms with Gasteiger partial charge in [0.15, 0.2) is 6.61 Å². The number of carbonyl (C=O) groups is 2. The normalized spacial score (nSPS) is 12.3. The molecule has 8 heteroatoms. The summed E-state index contributed by atoms with van der Waals surface area (Å²) in [5.41, 5.74) is 2.39. The Morgan fingerprint density at radius 1 is 1.15 bits per heavy atom. The SMILES string of the molecule is O=C(COC(=O)c1ccc2c(c1)CCC2)Nc1ccc(Cl)cc1[N+](=O)[O-]. The van der Waals surface area contributed by atoms with Crippen LogP contribution in [0.5, 0.6) is 0 Å². The molecule has 26 heavy (non-hydrogen) atoms. The highest BCUT2D eigenvalue weighted by Gasteiger charge is 2.18. The average molecular weight is 375 g/mol. The monoisotopic (exact) mass is 374 g/mol. The molecule has 2 aromatic rings. The lowest BCUT2D eigenvalue weighted by molar-refractivity contribution is -0.383. The highest BCUT2D eigenvalue weighted by molar-refractivity contribution is 6.31. The number of esters is 1. The second kappa shape index (κ2) is 7.53. The molecule has 0 saturated heterocycles. The lowest BCUT2D eigenvalue weighted by atomic mass is 10.1. The molecule has 0 bridgehead atoms. The quantitative estimate of drug-likeness (QED) is 0.490. The van der Waals surface area contributed by atoms with Gasteiger partial charge in [0.1, 0.15) is 5.69 Å². The van der Waals surface area contributed by atoms with Crippen LogP contribution in [0.4, 0.5) is 11.4 Å². The molecule has 1 aliphatic rings. The minimum absolute atomic E-state index is 0.0158. The lowest BCUT2D eigenvalue weighted by Crippen LogP contribution is -2.21. The fraction of sp³-hybridized carbons (Fsp3) is 0.222. The van der Waals surface area contributed by atoms with E-state index in [0.717, 1.165) is 30.9 Å². The third-order valence-electron chi connectivity index (χ3n) is 4.10. The summed E-state index contributed by atoms with van der Waals surface area (Å²) < 4.78 is 5.00. The Labute approximate surface area is 154 Å². The number of aryl methyl sites for hydroxylation is 2. The van der Waals surface area contributed by atoms with Gasteiger partial charge in [-0.05, 0) is 54.7 Å². The van der Waals surface area contributed by atoms with Crippen molar-refractivity contribution >= 4 is 34.9 Å². The second-order valence-electron chi connectivity index (χ2n) is 5.88. The Morgan fingerprint density at radius 2 is 1.92 bits per heavy atom. The van der Waals surface area contributed by atoms with Gasteiger partial charge < -0.3 is 10.1 Å². The van der Waals surface area contributed by atoms with Crippen LogP contribution in [0, 0.1) is 10.1 Å². The standard InChI is InChI=1S/C18H15ClN2O5/c19-14-6-7-15(16(9-14)21(24)25)20-17(22)10-26-18(23)13-5-4-11-2-1-3-12(11)8-13/h4-9H,1-3,10H2,(H,20,22). The number of hydrogen-bond acceptors (Lipinski definition) is 5. The molecule has 3 rings (SSSR count). The molecule has 0 saturated carbocycles. The van der Waals surface area contributed by atoms with E-state index in [1.54, 1.807) is 12.1 Å². The number of nitro benzene ring substituents is 1. The van der Waals surface area contributed by atoms with Crippen LogP contribution in [0.1, 0.15) is 27.9 Å². The van der Waals surface area contributed by atoms with Crippen LogP contribution in [0.2, 0.25) is 5.02 Å². The molecule has 0 fully saturated rings. The Balaban J connectivity index is 1.61. The van der Waals surface area contributed by atoms with Crippen molar-refractivity contribution in [2.75, 3.05) is 11.9 Å². The molecule has 0 aromatic heterocycles. The molecule has 1 N–H and O–H groups in total. The van der Waals surface area contributed by atoms with Crippen LogP contribution in [0.25, 0.3) is 0 Å². The van der Waals surface area contributed by atoms with Crippen LogP contribution in [-0.4, -0.2) is 23.4 Å². The van der Waals surface area contributed by atoms with Gasteiger partial charge in [0.2, 0.25) is 0 Å². The number of benzene rings is 2. The first-order chi connectivity index (χ1) is 12.4. The van der Waals surface area contributed by atoms with Gasteiger partial charge in [0.25, 0.3) is 11.6 Å². The number of nitrogens with zero attached hydrogens (tertiary/aromatic N) is 1. The molecule has 0 atom stereocenters. The molecule has 7 nitrogen and oxygen atoms in total. The summed E-state index contributed by atoms with van der Waals surface area (Å²) >= 11 is 5.72. The van der Waals surface area contributed by atoms with Crippen molar-refractivity contribution < 1.29 is 19.2 Å². The summed E-state index contributed by atoms with van der Waals surface area (Å²) in [6, 6.07) is 9.23. The van der Waals surface area contributed by atoms with Gasteiger partial charge >= 0.3 is 5.97 Å². The molecule has 0 heterocycles. The van der Waals surface area contributed by atoms with Crippen molar-refractivity contribution in [2.24, 2.45) is 0 Å². The first-order valence-corrected chi connectivity index (χ1v) is 8.34. The number of ether oxygens (including phenoxy) is 1. The minimum Gasteiger partial charge on any atom is -0.452 e. The summed E-state index contributed by atoms with van der Waals surface area (Å²) in [6.07, 6.45) is 3.00. The van der Waals surface area contributed by atoms with E-state index in [-0.39, 0.29) is 16.4 Å². The van der Waals surface area contributed by atoms with Crippen molar-refractivity contribution in [1.29, 1.82) is 0 Å². The van der Waals surface area contributed by atoms with E-state index in [2.05, 4.69) is 5.32 Å². The zero-order chi connectivity index (χ0) is 18.7. The van der Waals surface area contributed by atoms with Crippen LogP contribution in [0.3, 0.4) is 0 Å². The van der Waals surface area contributed by atoms with Crippen molar-refractivity contribution in [3.8, 4) is 0 Å². The fourth-order valence-electron chi connectivity index (χ4n) is 2.86. The van der Waals surface area contributed by atoms with E-state index in [4.69, 9.17) is 16.3 Å². The number of amides is 1. The minimum atomic E-state index is -0.676. The first kappa shape index (κ1) is 17.9. The number of fused-ring (bicyclic) bond motifs is 1. The molecule has 2 aromatic carbocycles. The summed E-state index contributed by atoms with van der Waals surface area (Å²) in [5, 5.41) is 13.5. The van der Waals surface area contributed by atoms with Gasteiger partial charge in [-0.15, -0.1) is 0 Å². The molecular formula is C18H15ClN2O5. The maximum absolute atomic E-state index is 12.1. The summed E-state index contributed by atoms with van der Waals surface area (Å²) in [7, 11) is 0. The van der Waals surface area contributed by atoms with E-state index in [1.807, 2.05) is 6.07 Å². The fourth-order valence-corrected chi connectivity index (χ4v) is 3.03. The van der Waals surface area contributed by atoms with Crippen LogP contribution in [0.15, 0.2) is 36.4 Å². The third-order valence-corrected chi connectivity index (χ3v) is 4.33. The Kier molecular flexibility index (Phi) is 5.18. The predicted octanol–water partition coefficient (Wildman–Crippen LogP) is 3.53. The van der Waals surface area contributed by atoms with Crippen LogP contribution >= 0.6 is 11.6 Å². The molecule has 0 spiro atoms. The molecule has 1 amide bonds. The van der Waals surface area contributed by atoms with E-state index in [1.165, 1.54) is 17.7 Å². The molecule has 0 unspecified atom stereocenters. The topological polar surface area (TPSA) is 98.5 Å². The predicted molar refractivity (Wildman–Crippen MR) is 95.5 cm³/mol. The Hall–Kier alpha value is -2.93. The maximum Gasteiger partial charge on any atom is 0.338 e. The van der Waals surface area contributed by atoms with Crippen molar-refractivity contribution in [3.05, 3.63) is 68.2 Å². The highest BCUT2D eigenvalue weighted by Crippen LogP contribution is 2.27. The van der Waals surface area contributed by atoms with Crippen molar-refractivity contribution in [3.63, 3.8) is 0 Å². The van der Waals surface area contributed by atoms with Crippen LogP contribution in [-0.2, 0) is 22.4 Å². The number of hydrogen-bond donors (Lipinski definition) is 1. The smallest absolute Gasteiger partial charge is 0.338 e. The van der Waals surface area contributed by atoms with E-state index in [9.17, 15) is 19.7 Å². The molecule has 0 aliphatic heterocycles. The number of carbonyl (C=O) groups excluding carboxylic acids is 2. The number of rotatable bonds is 5. The number of halogens is 1. The van der Waals surface area contributed by atoms with Crippen LogP contribution < -0.4 is 5.32 Å². The zero-order valence-electron chi connectivity index (χ0n) is 13.7. The third kappa shape index (κ3) is 4.00. The number of nitrogens with one attached hydrogen (secondary N) is 1. The van der Waals surface area contributed by atoms with Crippen molar-refractivity contribution in [2.45, 2.75) is 19.3 Å². The molecule has 0 radical (unpaired) electrons. The number of nitro groups is 1. The molecule has 1 aliphatic carbocycles. The van der Waals surface area contributed by atoms with Gasteiger partial charge in [0.05, 0.1) is 10.5 Å². The second-order valence-corrected chi connectivity index (χ2v) is 6.32. The Bertz CT molecular complexity index is 897. The van der Waals surface area contributed by atoms with Gasteiger partial charge in [0, 0.05) is 11.1 Å². The largest absolute Gasteiger partial charge is 0.452 e. The first-order valence-electron chi connectivity index (χ1n) is 7.97. The summed E-state index contributed by atoms with van der Waals surface area (Å²) in [6.45, 7) is -0.546. The van der Waals surface area contributed by atoms with E-state index < -0.39 is 23.4 Å². The lowest BCUT2D eigenvalue weighted by Gasteiger charge is -2.08. The molecular weight excluding hydrogens is 360 g/mol. The van der Waals surface area contributed by atoms with Gasteiger partial charge in [-0.2, -0.15) is 0 Å². The van der Waals surface area contributed by atoms with Gasteiger partial charge in [-0.25, -0.2) is 4.79 Å². The number of anilines is 1. The van der Waals surface area contributed by atoms with E-state index >= 15 is 0 Å². The zero-order valence-corrected chi connectivity index (χ0v) is 14.4. The Morgan fingerprint density at radius 3 is 2.69 bits per heavy atom. The van der Waals surface area contributed by atoms with E-state index in [0.29, 0.717) is 5.56 Å². The maximum atomic E-state index is 12.1. The average Bonchev–Trinajstić information content (AvgIpc) is 3.08. The molecule has 134 valence electrons. The van der Waals surface area contributed by atoms with Crippen molar-refractivity contribution in [1.82, 2.24) is 0 Å². The summed E-state index contributed by atoms with van der Waals surface area (Å²) in [4.78, 5) is 34.4. The summed E-state index contributed by atoms with van der Waals surface area (Å²) in [5.74, 6) is -1.29. The van der Waals surface area contributed by atoms with Gasteiger partial charge in [-0.1, -0.05) is 17.7 Å². The highest BCUT2D eigenvalue weighted by atomic mass is 35.5. The van der Waals surface area contributed by atoms with Gasteiger partial charge in [-0.3, -0.25) is 14.9 Å².